The number of aliphatic hydroxyl groups is 5. The van der Waals surface area contributed by atoms with Crippen molar-refractivity contribution in [2.45, 2.75) is 275 Å². The third-order valence-electron chi connectivity index (χ3n) is 11.7. The van der Waals surface area contributed by atoms with Crippen LogP contribution in [0.25, 0.3) is 0 Å². The zero-order valence-corrected chi connectivity index (χ0v) is 36.0. The van der Waals surface area contributed by atoms with Gasteiger partial charge >= 0.3 is 0 Å². The highest BCUT2D eigenvalue weighted by Crippen LogP contribution is 2.23. The summed E-state index contributed by atoms with van der Waals surface area (Å²) in [5.41, 5.74) is 0. The zero-order valence-electron chi connectivity index (χ0n) is 36.0. The molecule has 6 N–H and O–H groups in total. The Kier molecular flexibility index (Phi) is 35.6. The van der Waals surface area contributed by atoms with Crippen molar-refractivity contribution in [3.05, 3.63) is 0 Å². The van der Waals surface area contributed by atoms with E-state index < -0.39 is 49.5 Å². The maximum Gasteiger partial charge on any atom is 0.220 e. The lowest BCUT2D eigenvalue weighted by atomic mass is 9.99. The molecule has 9 heteroatoms. The molecule has 0 bridgehead atoms. The molecule has 0 spiro atoms. The van der Waals surface area contributed by atoms with E-state index in [2.05, 4.69) is 19.2 Å². The lowest BCUT2D eigenvalue weighted by Crippen LogP contribution is -2.60. The molecule has 0 saturated carbocycles. The van der Waals surface area contributed by atoms with Crippen LogP contribution in [0.2, 0.25) is 0 Å². The van der Waals surface area contributed by atoms with Crippen molar-refractivity contribution in [1.29, 1.82) is 0 Å². The number of carbonyl (C=O) groups excluding carboxylic acids is 1. The fourth-order valence-electron chi connectivity index (χ4n) is 7.87. The minimum Gasteiger partial charge on any atom is -0.394 e. The highest BCUT2D eigenvalue weighted by molar-refractivity contribution is 5.76. The van der Waals surface area contributed by atoms with E-state index in [0.29, 0.717) is 12.8 Å². The standard InChI is InChI=1S/C46H91NO8/c1-3-5-7-9-11-13-15-16-17-18-19-20-21-22-23-24-25-26-28-30-32-34-36-42(50)47-39(38-54-46-45(53)44(52)43(51)41(37-48)55-46)40(49)35-33-31-29-27-14-12-10-8-6-4-2/h39-41,43-46,48-49,51-53H,3-38H2,1-2H3,(H,47,50)/t39-,40+,41+,43-,44?,45?,46+/m0/s1. The minimum atomic E-state index is -1.55. The first-order chi connectivity index (χ1) is 26.8. The molecular weight excluding hydrogens is 695 g/mol. The maximum atomic E-state index is 13.0. The van der Waals surface area contributed by atoms with Crippen LogP contribution in [0, 0.1) is 0 Å². The van der Waals surface area contributed by atoms with Crippen molar-refractivity contribution < 1.29 is 39.8 Å². The quantitative estimate of drug-likeness (QED) is 0.0337. The monoisotopic (exact) mass is 786 g/mol. The summed E-state index contributed by atoms with van der Waals surface area (Å²) in [6, 6.07) is -0.710. The third kappa shape index (κ3) is 28.3. The van der Waals surface area contributed by atoms with E-state index in [0.717, 1.165) is 38.5 Å². The highest BCUT2D eigenvalue weighted by Gasteiger charge is 2.44. The molecule has 0 aromatic heterocycles. The zero-order chi connectivity index (χ0) is 40.2. The van der Waals surface area contributed by atoms with Gasteiger partial charge in [0.25, 0.3) is 0 Å². The van der Waals surface area contributed by atoms with Crippen molar-refractivity contribution in [2.24, 2.45) is 0 Å². The summed E-state index contributed by atoms with van der Waals surface area (Å²) in [5, 5.41) is 54.2. The molecule has 1 aliphatic heterocycles. The van der Waals surface area contributed by atoms with Crippen molar-refractivity contribution in [3.63, 3.8) is 0 Å². The van der Waals surface area contributed by atoms with Gasteiger partial charge in [-0.2, -0.15) is 0 Å². The molecule has 0 radical (unpaired) electrons. The second-order valence-corrected chi connectivity index (χ2v) is 16.9. The van der Waals surface area contributed by atoms with Gasteiger partial charge in [-0.1, -0.05) is 213 Å². The van der Waals surface area contributed by atoms with Gasteiger partial charge in [0.1, 0.15) is 24.4 Å². The normalized spacial score (nSPS) is 21.2. The first-order valence-electron chi connectivity index (χ1n) is 23.7. The Morgan fingerprint density at radius 1 is 0.545 bits per heavy atom. The third-order valence-corrected chi connectivity index (χ3v) is 11.7. The summed E-state index contributed by atoms with van der Waals surface area (Å²) in [7, 11) is 0. The molecule has 2 unspecified atom stereocenters. The van der Waals surface area contributed by atoms with E-state index in [1.54, 1.807) is 0 Å². The van der Waals surface area contributed by atoms with Gasteiger partial charge in [-0.05, 0) is 12.8 Å². The van der Waals surface area contributed by atoms with Crippen LogP contribution in [0.5, 0.6) is 0 Å². The molecule has 0 aromatic carbocycles. The Bertz CT molecular complexity index is 832. The summed E-state index contributed by atoms with van der Waals surface area (Å²) in [4.78, 5) is 13.0. The van der Waals surface area contributed by atoms with Crippen LogP contribution in [0.3, 0.4) is 0 Å². The molecule has 0 aliphatic carbocycles. The number of carbonyl (C=O) groups is 1. The van der Waals surface area contributed by atoms with Crippen LogP contribution in [0.4, 0.5) is 0 Å². The summed E-state index contributed by atoms with van der Waals surface area (Å²) in [6.45, 7) is 3.83. The number of amides is 1. The molecule has 1 rings (SSSR count). The lowest BCUT2D eigenvalue weighted by molar-refractivity contribution is -0.302. The summed E-state index contributed by atoms with van der Waals surface area (Å²) >= 11 is 0. The van der Waals surface area contributed by atoms with Crippen molar-refractivity contribution in [1.82, 2.24) is 5.32 Å². The molecular formula is C46H91NO8. The molecule has 7 atom stereocenters. The Morgan fingerprint density at radius 2 is 0.909 bits per heavy atom. The molecule has 1 saturated heterocycles. The van der Waals surface area contributed by atoms with Crippen LogP contribution in [-0.2, 0) is 14.3 Å². The highest BCUT2D eigenvalue weighted by atomic mass is 16.7. The van der Waals surface area contributed by atoms with Gasteiger partial charge in [-0.3, -0.25) is 4.79 Å². The van der Waals surface area contributed by atoms with Crippen LogP contribution >= 0.6 is 0 Å². The molecule has 55 heavy (non-hydrogen) atoms. The fourth-order valence-corrected chi connectivity index (χ4v) is 7.87. The molecule has 9 nitrogen and oxygen atoms in total. The van der Waals surface area contributed by atoms with E-state index in [1.165, 1.54) is 167 Å². The second-order valence-electron chi connectivity index (χ2n) is 16.9. The van der Waals surface area contributed by atoms with Gasteiger partial charge < -0.3 is 40.3 Å². The molecule has 0 aromatic rings. The van der Waals surface area contributed by atoms with Gasteiger partial charge in [0.2, 0.25) is 5.91 Å². The van der Waals surface area contributed by atoms with Crippen molar-refractivity contribution >= 4 is 5.91 Å². The Morgan fingerprint density at radius 3 is 1.29 bits per heavy atom. The van der Waals surface area contributed by atoms with Crippen molar-refractivity contribution in [3.8, 4) is 0 Å². The van der Waals surface area contributed by atoms with Crippen molar-refractivity contribution in [2.75, 3.05) is 13.2 Å². The van der Waals surface area contributed by atoms with Gasteiger partial charge in [-0.15, -0.1) is 0 Å². The van der Waals surface area contributed by atoms with Gasteiger partial charge in [-0.25, -0.2) is 0 Å². The smallest absolute Gasteiger partial charge is 0.220 e. The summed E-state index contributed by atoms with van der Waals surface area (Å²) in [5.74, 6) is -0.141. The first kappa shape index (κ1) is 52.2. The van der Waals surface area contributed by atoms with E-state index >= 15 is 0 Å². The predicted molar refractivity (Wildman–Crippen MR) is 226 cm³/mol. The predicted octanol–water partition coefficient (Wildman–Crippen LogP) is 9.95. The van der Waals surface area contributed by atoms with E-state index in [-0.39, 0.29) is 12.5 Å². The molecule has 328 valence electrons. The SMILES string of the molecule is CCCCCCCCCCCCCCCCCCCCCCCCC(=O)N[C@@H](CO[C@@H]1O[C@H](CO)[C@H](O)C(O)C1O)[C@H](O)CCCCCCCCCCCC. The first-order valence-corrected chi connectivity index (χ1v) is 23.7. The number of hydrogen-bond acceptors (Lipinski definition) is 8. The van der Waals surface area contributed by atoms with E-state index in [4.69, 9.17) is 9.47 Å². The molecule has 1 amide bonds. The lowest BCUT2D eigenvalue weighted by Gasteiger charge is -2.40. The van der Waals surface area contributed by atoms with Gasteiger partial charge in [0.05, 0.1) is 25.4 Å². The number of aliphatic hydroxyl groups excluding tert-OH is 5. The maximum absolute atomic E-state index is 13.0. The number of ether oxygens (including phenoxy) is 2. The molecule has 1 aliphatic rings. The average molecular weight is 786 g/mol. The largest absolute Gasteiger partial charge is 0.394 e. The summed E-state index contributed by atoms with van der Waals surface area (Å²) < 4.78 is 11.2. The Balaban J connectivity index is 2.22. The molecule has 1 heterocycles. The molecule has 1 fully saturated rings. The fraction of sp³-hybridized carbons (Fsp3) is 0.978. The number of rotatable bonds is 40. The van der Waals surface area contributed by atoms with Gasteiger partial charge in [0.15, 0.2) is 6.29 Å². The summed E-state index contributed by atoms with van der Waals surface area (Å²) in [6.07, 6.45) is 34.1. The van der Waals surface area contributed by atoms with Crippen LogP contribution in [-0.4, -0.2) is 87.5 Å². The Labute approximate surface area is 338 Å². The van der Waals surface area contributed by atoms with Gasteiger partial charge in [0, 0.05) is 6.42 Å². The van der Waals surface area contributed by atoms with Crippen LogP contribution in [0.15, 0.2) is 0 Å². The van der Waals surface area contributed by atoms with Crippen LogP contribution in [0.1, 0.15) is 232 Å². The minimum absolute atomic E-state index is 0.132. The average Bonchev–Trinajstić information content (AvgIpc) is 3.18. The number of hydrogen-bond donors (Lipinski definition) is 6. The Hall–Kier alpha value is -0.810. The van der Waals surface area contributed by atoms with Crippen LogP contribution < -0.4 is 5.32 Å². The van der Waals surface area contributed by atoms with E-state index in [9.17, 15) is 30.3 Å². The topological polar surface area (TPSA) is 149 Å². The number of unbranched alkanes of at least 4 members (excludes halogenated alkanes) is 30. The second kappa shape index (κ2) is 37.5. The number of nitrogens with one attached hydrogen (secondary N) is 1. The van der Waals surface area contributed by atoms with E-state index in [1.807, 2.05) is 0 Å².